The summed E-state index contributed by atoms with van der Waals surface area (Å²) in [7, 11) is 2.98. The number of phenolic OH excluding ortho intramolecular Hbond substituents is 2. The fraction of sp³-hybridized carbons (Fsp3) is 0.286. The maximum Gasteiger partial charge on any atom is 0.163 e. The normalized spacial score (nSPS) is 16.4. The van der Waals surface area contributed by atoms with Gasteiger partial charge in [-0.3, -0.25) is 4.79 Å². The molecule has 1 aliphatic rings. The number of ether oxygens (including phenoxy) is 3. The molecule has 6 nitrogen and oxygen atoms in total. The second kappa shape index (κ2) is 8.03. The second-order valence-corrected chi connectivity index (χ2v) is 6.33. The zero-order valence-electron chi connectivity index (χ0n) is 15.3. The van der Waals surface area contributed by atoms with Crippen LogP contribution in [-0.4, -0.2) is 30.2 Å². The Morgan fingerprint density at radius 1 is 1.00 bits per heavy atom. The third-order valence-electron chi connectivity index (χ3n) is 4.48. The van der Waals surface area contributed by atoms with E-state index in [4.69, 9.17) is 14.2 Å². The van der Waals surface area contributed by atoms with Crippen molar-refractivity contribution >= 4 is 5.78 Å². The molecule has 1 unspecified atom stereocenters. The molecule has 142 valence electrons. The summed E-state index contributed by atoms with van der Waals surface area (Å²) in [4.78, 5) is 12.1. The Bertz CT molecular complexity index is 871. The largest absolute Gasteiger partial charge is 0.504 e. The van der Waals surface area contributed by atoms with Gasteiger partial charge in [0.1, 0.15) is 11.9 Å². The van der Waals surface area contributed by atoms with E-state index in [0.29, 0.717) is 35.7 Å². The zero-order chi connectivity index (χ0) is 19.4. The van der Waals surface area contributed by atoms with Gasteiger partial charge in [0.2, 0.25) is 0 Å². The summed E-state index contributed by atoms with van der Waals surface area (Å²) in [6.07, 6.45) is 2.42. The maximum atomic E-state index is 12.1. The molecule has 2 aromatic rings. The molecule has 27 heavy (non-hydrogen) atoms. The van der Waals surface area contributed by atoms with Crippen LogP contribution in [0.2, 0.25) is 0 Å². The standard InChI is InChI=1S/C21H22O6/c1-25-19-7-4-13(9-17(19)23)3-6-16-11-15(22)12-21(27-16)14-5-8-20(26-2)18(24)10-14/h4-5,7-11,21,23-24H,3,6,12H2,1-2H3. The van der Waals surface area contributed by atoms with Crippen molar-refractivity contribution in [3.63, 3.8) is 0 Å². The highest BCUT2D eigenvalue weighted by molar-refractivity contribution is 5.91. The van der Waals surface area contributed by atoms with E-state index in [9.17, 15) is 15.0 Å². The van der Waals surface area contributed by atoms with E-state index < -0.39 is 6.10 Å². The molecular formula is C21H22O6. The third kappa shape index (κ3) is 4.34. The quantitative estimate of drug-likeness (QED) is 0.807. The summed E-state index contributed by atoms with van der Waals surface area (Å²) in [5.41, 5.74) is 1.63. The Kier molecular flexibility index (Phi) is 5.54. The Morgan fingerprint density at radius 3 is 2.30 bits per heavy atom. The molecule has 0 aromatic heterocycles. The number of rotatable bonds is 6. The van der Waals surface area contributed by atoms with Gasteiger partial charge in [0.15, 0.2) is 28.8 Å². The molecule has 0 fully saturated rings. The van der Waals surface area contributed by atoms with Gasteiger partial charge in [-0.2, -0.15) is 0 Å². The highest BCUT2D eigenvalue weighted by Gasteiger charge is 2.24. The number of phenols is 2. The minimum atomic E-state index is -0.446. The lowest BCUT2D eigenvalue weighted by atomic mass is 9.99. The fourth-order valence-electron chi connectivity index (χ4n) is 3.06. The van der Waals surface area contributed by atoms with Crippen molar-refractivity contribution in [3.8, 4) is 23.0 Å². The van der Waals surface area contributed by atoms with E-state index in [1.165, 1.54) is 20.3 Å². The summed E-state index contributed by atoms with van der Waals surface area (Å²) < 4.78 is 16.1. The lowest BCUT2D eigenvalue weighted by Crippen LogP contribution is -2.16. The van der Waals surface area contributed by atoms with E-state index in [0.717, 1.165) is 5.56 Å². The predicted octanol–water partition coefficient (Wildman–Crippen LogP) is 3.66. The van der Waals surface area contributed by atoms with Crippen LogP contribution in [0.5, 0.6) is 23.0 Å². The van der Waals surface area contributed by atoms with Crippen LogP contribution in [0.25, 0.3) is 0 Å². The third-order valence-corrected chi connectivity index (χ3v) is 4.48. The van der Waals surface area contributed by atoms with E-state index in [-0.39, 0.29) is 23.7 Å². The topological polar surface area (TPSA) is 85.2 Å². The van der Waals surface area contributed by atoms with Crippen LogP contribution < -0.4 is 9.47 Å². The molecule has 0 saturated carbocycles. The average molecular weight is 370 g/mol. The van der Waals surface area contributed by atoms with Gasteiger partial charge in [-0.25, -0.2) is 0 Å². The van der Waals surface area contributed by atoms with Crippen molar-refractivity contribution < 1.29 is 29.2 Å². The van der Waals surface area contributed by atoms with Crippen molar-refractivity contribution in [1.82, 2.24) is 0 Å². The second-order valence-electron chi connectivity index (χ2n) is 6.33. The summed E-state index contributed by atoms with van der Waals surface area (Å²) >= 11 is 0. The minimum absolute atomic E-state index is 0.0101. The van der Waals surface area contributed by atoms with Gasteiger partial charge in [-0.05, 0) is 41.8 Å². The summed E-state index contributed by atoms with van der Waals surface area (Å²) in [5.74, 6) is 1.44. The van der Waals surface area contributed by atoms with Crippen LogP contribution in [0.3, 0.4) is 0 Å². The van der Waals surface area contributed by atoms with Crippen LogP contribution in [0.15, 0.2) is 48.2 Å². The number of benzene rings is 2. The molecule has 0 amide bonds. The highest BCUT2D eigenvalue weighted by atomic mass is 16.5. The molecule has 1 heterocycles. The van der Waals surface area contributed by atoms with Crippen LogP contribution in [0.1, 0.15) is 30.1 Å². The molecule has 6 heteroatoms. The van der Waals surface area contributed by atoms with Gasteiger partial charge in [0.05, 0.1) is 20.6 Å². The molecule has 0 spiro atoms. The first kappa shape index (κ1) is 18.6. The first-order chi connectivity index (χ1) is 13.0. The molecule has 0 radical (unpaired) electrons. The van der Waals surface area contributed by atoms with E-state index >= 15 is 0 Å². The van der Waals surface area contributed by atoms with Gasteiger partial charge in [-0.1, -0.05) is 12.1 Å². The summed E-state index contributed by atoms with van der Waals surface area (Å²) in [6.45, 7) is 0. The molecule has 0 aliphatic carbocycles. The molecule has 0 bridgehead atoms. The number of methoxy groups -OCH3 is 2. The summed E-state index contributed by atoms with van der Waals surface area (Å²) in [5, 5.41) is 19.8. The Labute approximate surface area is 157 Å². The van der Waals surface area contributed by atoms with Crippen LogP contribution in [0, 0.1) is 0 Å². The fourth-order valence-corrected chi connectivity index (χ4v) is 3.06. The first-order valence-electron chi connectivity index (χ1n) is 8.63. The molecule has 3 rings (SSSR count). The smallest absolute Gasteiger partial charge is 0.163 e. The number of hydrogen-bond donors (Lipinski definition) is 2. The van der Waals surface area contributed by atoms with Gasteiger partial charge < -0.3 is 24.4 Å². The minimum Gasteiger partial charge on any atom is -0.504 e. The van der Waals surface area contributed by atoms with E-state index in [1.54, 1.807) is 30.3 Å². The average Bonchev–Trinajstić information content (AvgIpc) is 2.66. The van der Waals surface area contributed by atoms with Gasteiger partial charge in [0.25, 0.3) is 0 Å². The van der Waals surface area contributed by atoms with Crippen molar-refractivity contribution in [1.29, 1.82) is 0 Å². The number of aryl methyl sites for hydroxylation is 1. The van der Waals surface area contributed by atoms with Crippen molar-refractivity contribution in [2.24, 2.45) is 0 Å². The van der Waals surface area contributed by atoms with Crippen molar-refractivity contribution in [3.05, 3.63) is 59.4 Å². The molecule has 1 aliphatic heterocycles. The lowest BCUT2D eigenvalue weighted by Gasteiger charge is -2.25. The summed E-state index contributed by atoms with van der Waals surface area (Å²) in [6, 6.07) is 10.2. The van der Waals surface area contributed by atoms with Crippen LogP contribution in [0.4, 0.5) is 0 Å². The van der Waals surface area contributed by atoms with Crippen molar-refractivity contribution in [2.45, 2.75) is 25.4 Å². The van der Waals surface area contributed by atoms with E-state index in [2.05, 4.69) is 0 Å². The van der Waals surface area contributed by atoms with E-state index in [1.807, 2.05) is 6.07 Å². The number of carbonyl (C=O) groups is 1. The molecular weight excluding hydrogens is 348 g/mol. The monoisotopic (exact) mass is 370 g/mol. The van der Waals surface area contributed by atoms with Crippen LogP contribution in [-0.2, 0) is 16.0 Å². The highest BCUT2D eigenvalue weighted by Crippen LogP contribution is 2.35. The first-order valence-corrected chi connectivity index (χ1v) is 8.63. The maximum absolute atomic E-state index is 12.1. The molecule has 0 saturated heterocycles. The SMILES string of the molecule is COc1ccc(CCC2=CC(=O)CC(c3ccc(OC)c(O)c3)O2)cc1O. The Hall–Kier alpha value is -3.15. The zero-order valence-corrected chi connectivity index (χ0v) is 15.3. The number of hydrogen-bond acceptors (Lipinski definition) is 6. The van der Waals surface area contributed by atoms with Gasteiger partial charge in [0, 0.05) is 12.5 Å². The molecule has 2 aromatic carbocycles. The molecule has 2 N–H and O–H groups in total. The molecule has 1 atom stereocenters. The van der Waals surface area contributed by atoms with Gasteiger partial charge >= 0.3 is 0 Å². The number of aromatic hydroxyl groups is 2. The Balaban J connectivity index is 1.69. The predicted molar refractivity (Wildman–Crippen MR) is 99.2 cm³/mol. The van der Waals surface area contributed by atoms with Crippen LogP contribution >= 0.6 is 0 Å². The number of carbonyl (C=O) groups excluding carboxylic acids is 1. The number of ketones is 1. The number of allylic oxidation sites excluding steroid dienone is 2. The van der Waals surface area contributed by atoms with Gasteiger partial charge in [-0.15, -0.1) is 0 Å². The lowest BCUT2D eigenvalue weighted by molar-refractivity contribution is -0.118. The Morgan fingerprint density at radius 2 is 1.67 bits per heavy atom. The van der Waals surface area contributed by atoms with Crippen molar-refractivity contribution in [2.75, 3.05) is 14.2 Å².